The second kappa shape index (κ2) is 2.55. The number of allylic oxidation sites excluding steroid dienone is 2. The van der Waals surface area contributed by atoms with Crippen molar-refractivity contribution in [3.05, 3.63) is 18.0 Å². The largest absolute Gasteiger partial charge is 0.295 e. The van der Waals surface area contributed by atoms with Gasteiger partial charge in [-0.2, -0.15) is 0 Å². The Morgan fingerprint density at radius 2 is 2.33 bits per heavy atom. The number of carbonyl (C=O) groups excluding carboxylic acids is 1. The Bertz CT molecular complexity index is 351. The van der Waals surface area contributed by atoms with Crippen molar-refractivity contribution in [3.8, 4) is 0 Å². The molecule has 4 heteroatoms. The summed E-state index contributed by atoms with van der Waals surface area (Å²) >= 11 is 0. The summed E-state index contributed by atoms with van der Waals surface area (Å²) in [6, 6.07) is 0. The van der Waals surface area contributed by atoms with Gasteiger partial charge < -0.3 is 0 Å². The fourth-order valence-electron chi connectivity index (χ4n) is 1.32. The molecule has 0 unspecified atom stereocenters. The summed E-state index contributed by atoms with van der Waals surface area (Å²) in [5, 5.41) is 7.63. The molecule has 62 valence electrons. The number of aromatic nitrogens is 3. The summed E-state index contributed by atoms with van der Waals surface area (Å²) in [4.78, 5) is 10.9. The quantitative estimate of drug-likeness (QED) is 0.615. The molecule has 0 atom stereocenters. The van der Waals surface area contributed by atoms with Gasteiger partial charge in [-0.1, -0.05) is 5.21 Å². The van der Waals surface area contributed by atoms with Crippen LogP contribution in [0.3, 0.4) is 0 Å². The first-order valence-electron chi connectivity index (χ1n) is 3.88. The number of aryl methyl sites for hydroxylation is 1. The third-order valence-electron chi connectivity index (χ3n) is 1.95. The van der Waals surface area contributed by atoms with Crippen molar-refractivity contribution in [1.82, 2.24) is 15.0 Å². The number of ketones is 1. The highest BCUT2D eigenvalue weighted by Gasteiger charge is 2.15. The number of rotatable bonds is 1. The van der Waals surface area contributed by atoms with Crippen LogP contribution in [0.4, 0.5) is 0 Å². The molecule has 1 aliphatic rings. The molecule has 1 heterocycles. The molecule has 0 saturated carbocycles. The van der Waals surface area contributed by atoms with E-state index >= 15 is 0 Å². The van der Waals surface area contributed by atoms with Gasteiger partial charge in [-0.3, -0.25) is 4.79 Å². The van der Waals surface area contributed by atoms with E-state index in [9.17, 15) is 4.79 Å². The van der Waals surface area contributed by atoms with Gasteiger partial charge in [-0.15, -0.1) is 5.10 Å². The van der Waals surface area contributed by atoms with Gasteiger partial charge in [0, 0.05) is 18.2 Å². The van der Waals surface area contributed by atoms with Crippen LogP contribution in [-0.2, 0) is 4.79 Å². The Labute approximate surface area is 69.9 Å². The second-order valence-electron chi connectivity index (χ2n) is 2.89. The predicted octanol–water partition coefficient (Wildman–Crippen LogP) is 0.790. The van der Waals surface area contributed by atoms with Crippen LogP contribution in [-0.4, -0.2) is 20.8 Å². The molecule has 0 bridgehead atoms. The maximum absolute atomic E-state index is 10.9. The lowest BCUT2D eigenvalue weighted by Crippen LogP contribution is -1.99. The first-order valence-corrected chi connectivity index (χ1v) is 3.88. The average molecular weight is 163 g/mol. The molecule has 0 N–H and O–H groups in total. The Kier molecular flexibility index (Phi) is 1.53. The topological polar surface area (TPSA) is 47.8 Å². The van der Waals surface area contributed by atoms with Crippen LogP contribution in [0.1, 0.15) is 18.5 Å². The van der Waals surface area contributed by atoms with E-state index in [0.717, 1.165) is 17.8 Å². The molecule has 0 amide bonds. The lowest BCUT2D eigenvalue weighted by Gasteiger charge is -2.00. The van der Waals surface area contributed by atoms with E-state index in [1.54, 1.807) is 17.0 Å². The van der Waals surface area contributed by atoms with Crippen LogP contribution >= 0.6 is 0 Å². The van der Waals surface area contributed by atoms with Gasteiger partial charge in [-0.25, -0.2) is 4.68 Å². The Hall–Kier alpha value is -1.45. The molecular weight excluding hydrogens is 154 g/mol. The maximum atomic E-state index is 10.9. The van der Waals surface area contributed by atoms with Crippen LogP contribution in [0.15, 0.2) is 12.3 Å². The highest BCUT2D eigenvalue weighted by molar-refractivity contribution is 5.98. The molecule has 0 saturated heterocycles. The fourth-order valence-corrected chi connectivity index (χ4v) is 1.32. The van der Waals surface area contributed by atoms with E-state index in [4.69, 9.17) is 0 Å². The molecule has 0 spiro atoms. The van der Waals surface area contributed by atoms with Gasteiger partial charge in [0.25, 0.3) is 0 Å². The molecule has 1 aliphatic carbocycles. The van der Waals surface area contributed by atoms with E-state index in [2.05, 4.69) is 10.3 Å². The highest BCUT2D eigenvalue weighted by Crippen LogP contribution is 2.19. The normalized spacial score (nSPS) is 16.8. The Morgan fingerprint density at radius 1 is 1.50 bits per heavy atom. The number of carbonyl (C=O) groups is 1. The average Bonchev–Trinajstić information content (AvgIpc) is 2.58. The van der Waals surface area contributed by atoms with Gasteiger partial charge in [0.05, 0.1) is 11.9 Å². The summed E-state index contributed by atoms with van der Waals surface area (Å²) in [6.45, 7) is 1.92. The van der Waals surface area contributed by atoms with Gasteiger partial charge in [0.15, 0.2) is 5.78 Å². The van der Waals surface area contributed by atoms with E-state index < -0.39 is 0 Å². The van der Waals surface area contributed by atoms with Gasteiger partial charge in [-0.05, 0) is 13.3 Å². The summed E-state index contributed by atoms with van der Waals surface area (Å²) in [7, 11) is 0. The lowest BCUT2D eigenvalue weighted by molar-refractivity contribution is -0.114. The summed E-state index contributed by atoms with van der Waals surface area (Å²) in [6.07, 6.45) is 4.71. The van der Waals surface area contributed by atoms with Crippen LogP contribution < -0.4 is 0 Å². The highest BCUT2D eigenvalue weighted by atomic mass is 16.1. The third-order valence-corrected chi connectivity index (χ3v) is 1.95. The lowest BCUT2D eigenvalue weighted by atomic mass is 10.3. The van der Waals surface area contributed by atoms with Crippen molar-refractivity contribution >= 4 is 11.5 Å². The van der Waals surface area contributed by atoms with E-state index in [-0.39, 0.29) is 5.78 Å². The molecular formula is C8H9N3O. The Balaban J connectivity index is 2.38. The minimum Gasteiger partial charge on any atom is -0.295 e. The molecule has 0 aromatic carbocycles. The van der Waals surface area contributed by atoms with E-state index in [0.29, 0.717) is 6.42 Å². The van der Waals surface area contributed by atoms with Crippen molar-refractivity contribution in [2.45, 2.75) is 19.8 Å². The molecule has 4 nitrogen and oxygen atoms in total. The second-order valence-corrected chi connectivity index (χ2v) is 2.89. The number of hydrogen-bond donors (Lipinski definition) is 0. The number of hydrogen-bond acceptors (Lipinski definition) is 3. The molecule has 12 heavy (non-hydrogen) atoms. The third kappa shape index (κ3) is 1.05. The molecule has 1 aromatic heterocycles. The van der Waals surface area contributed by atoms with E-state index in [1.807, 2.05) is 6.92 Å². The van der Waals surface area contributed by atoms with Gasteiger partial charge in [0.2, 0.25) is 0 Å². The van der Waals surface area contributed by atoms with Gasteiger partial charge >= 0.3 is 0 Å². The van der Waals surface area contributed by atoms with Crippen LogP contribution in [0.5, 0.6) is 0 Å². The monoisotopic (exact) mass is 163 g/mol. The zero-order valence-corrected chi connectivity index (χ0v) is 6.82. The van der Waals surface area contributed by atoms with Crippen molar-refractivity contribution in [1.29, 1.82) is 0 Å². The van der Waals surface area contributed by atoms with Crippen LogP contribution in [0.25, 0.3) is 5.70 Å². The van der Waals surface area contributed by atoms with Crippen LogP contribution in [0, 0.1) is 6.92 Å². The summed E-state index contributed by atoms with van der Waals surface area (Å²) in [5.74, 6) is 0.180. The Morgan fingerprint density at radius 3 is 2.83 bits per heavy atom. The first kappa shape index (κ1) is 7.21. The summed E-state index contributed by atoms with van der Waals surface area (Å²) in [5.41, 5.74) is 1.92. The molecule has 1 aromatic rings. The fraction of sp³-hybridized carbons (Fsp3) is 0.375. The maximum Gasteiger partial charge on any atom is 0.157 e. The zero-order chi connectivity index (χ0) is 8.55. The smallest absolute Gasteiger partial charge is 0.157 e. The predicted molar refractivity (Wildman–Crippen MR) is 43.3 cm³/mol. The van der Waals surface area contributed by atoms with Gasteiger partial charge in [0.1, 0.15) is 0 Å². The first-order chi connectivity index (χ1) is 5.77. The SMILES string of the molecule is Cc1cnnn1C1=CC(=O)CC1. The minimum absolute atomic E-state index is 0.180. The minimum atomic E-state index is 0.180. The summed E-state index contributed by atoms with van der Waals surface area (Å²) < 4.78 is 1.71. The van der Waals surface area contributed by atoms with Crippen molar-refractivity contribution in [2.24, 2.45) is 0 Å². The van der Waals surface area contributed by atoms with Crippen molar-refractivity contribution < 1.29 is 4.79 Å². The van der Waals surface area contributed by atoms with Crippen molar-refractivity contribution in [3.63, 3.8) is 0 Å². The zero-order valence-electron chi connectivity index (χ0n) is 6.82. The molecule has 0 radical (unpaired) electrons. The molecule has 0 aliphatic heterocycles. The van der Waals surface area contributed by atoms with Crippen molar-refractivity contribution in [2.75, 3.05) is 0 Å². The molecule has 0 fully saturated rings. The van der Waals surface area contributed by atoms with E-state index in [1.165, 1.54) is 0 Å². The molecule has 2 rings (SSSR count). The van der Waals surface area contributed by atoms with Crippen LogP contribution in [0.2, 0.25) is 0 Å². The number of nitrogens with zero attached hydrogens (tertiary/aromatic N) is 3. The standard InChI is InChI=1S/C8H9N3O/c1-6-5-9-10-11(6)7-2-3-8(12)4-7/h4-5H,2-3H2,1H3.